The van der Waals surface area contributed by atoms with Gasteiger partial charge in [0.05, 0.1) is 4.92 Å². The van der Waals surface area contributed by atoms with E-state index in [9.17, 15) is 19.7 Å². The van der Waals surface area contributed by atoms with Gasteiger partial charge in [-0.1, -0.05) is 13.8 Å². The topological polar surface area (TPSA) is 105 Å². The van der Waals surface area contributed by atoms with Gasteiger partial charge in [-0.3, -0.25) is 19.7 Å². The lowest BCUT2D eigenvalue weighted by molar-refractivity contribution is -0.384. The first kappa shape index (κ1) is 20.3. The SMILES string of the molecule is CC(C)C(=O)Nc1ccc(NC(=O)c2ccc(N3CCCC3)c([N+](=O)[O-])c2)cc1. The monoisotopic (exact) mass is 396 g/mol. The molecule has 2 N–H and O–H groups in total. The van der Waals surface area contributed by atoms with Gasteiger partial charge in [-0.2, -0.15) is 0 Å². The number of hydrogen-bond donors (Lipinski definition) is 2. The average Bonchev–Trinajstić information content (AvgIpc) is 3.23. The maximum absolute atomic E-state index is 12.6. The summed E-state index contributed by atoms with van der Waals surface area (Å²) in [6.07, 6.45) is 2.01. The maximum Gasteiger partial charge on any atom is 0.293 e. The minimum absolute atomic E-state index is 0.0636. The van der Waals surface area contributed by atoms with Gasteiger partial charge in [-0.25, -0.2) is 0 Å². The summed E-state index contributed by atoms with van der Waals surface area (Å²) in [5, 5.41) is 17.0. The highest BCUT2D eigenvalue weighted by Gasteiger charge is 2.23. The number of hydrogen-bond acceptors (Lipinski definition) is 5. The lowest BCUT2D eigenvalue weighted by Crippen LogP contribution is -2.20. The number of nitro groups is 1. The minimum Gasteiger partial charge on any atom is -0.366 e. The van der Waals surface area contributed by atoms with Gasteiger partial charge in [0.15, 0.2) is 0 Å². The Morgan fingerprint density at radius 1 is 1.00 bits per heavy atom. The summed E-state index contributed by atoms with van der Waals surface area (Å²) in [7, 11) is 0. The van der Waals surface area contributed by atoms with Gasteiger partial charge in [0, 0.05) is 42.0 Å². The largest absolute Gasteiger partial charge is 0.366 e. The molecule has 0 atom stereocenters. The van der Waals surface area contributed by atoms with Gasteiger partial charge >= 0.3 is 0 Å². The molecule has 152 valence electrons. The number of carbonyl (C=O) groups is 2. The third-order valence-electron chi connectivity index (χ3n) is 4.82. The lowest BCUT2D eigenvalue weighted by atomic mass is 10.1. The molecule has 0 spiro atoms. The molecular formula is C21H24N4O4. The predicted molar refractivity (Wildman–Crippen MR) is 112 cm³/mol. The summed E-state index contributed by atoms with van der Waals surface area (Å²) in [5.41, 5.74) is 1.87. The van der Waals surface area contributed by atoms with E-state index in [0.717, 1.165) is 25.9 Å². The van der Waals surface area contributed by atoms with Crippen LogP contribution in [0.4, 0.5) is 22.7 Å². The van der Waals surface area contributed by atoms with E-state index < -0.39 is 10.8 Å². The second-order valence-corrected chi connectivity index (χ2v) is 7.33. The molecule has 0 aromatic heterocycles. The number of nitrogens with zero attached hydrogens (tertiary/aromatic N) is 2. The van der Waals surface area contributed by atoms with Gasteiger partial charge < -0.3 is 15.5 Å². The molecule has 2 amide bonds. The Kier molecular flexibility index (Phi) is 6.11. The van der Waals surface area contributed by atoms with Crippen molar-refractivity contribution >= 4 is 34.6 Å². The van der Waals surface area contributed by atoms with Crippen molar-refractivity contribution in [2.45, 2.75) is 26.7 Å². The Morgan fingerprint density at radius 3 is 2.14 bits per heavy atom. The molecule has 1 saturated heterocycles. The minimum atomic E-state index is -0.448. The number of amides is 2. The fourth-order valence-electron chi connectivity index (χ4n) is 3.16. The molecule has 0 saturated carbocycles. The number of nitro benzene ring substituents is 1. The van der Waals surface area contributed by atoms with Crippen LogP contribution in [-0.4, -0.2) is 29.8 Å². The molecule has 0 bridgehead atoms. The van der Waals surface area contributed by atoms with Crippen LogP contribution in [0.15, 0.2) is 42.5 Å². The highest BCUT2D eigenvalue weighted by Crippen LogP contribution is 2.32. The average molecular weight is 396 g/mol. The Morgan fingerprint density at radius 2 is 1.59 bits per heavy atom. The quantitative estimate of drug-likeness (QED) is 0.566. The number of benzene rings is 2. The first-order valence-corrected chi connectivity index (χ1v) is 9.61. The Labute approximate surface area is 169 Å². The molecule has 1 aliphatic rings. The van der Waals surface area contributed by atoms with E-state index in [4.69, 9.17) is 0 Å². The molecule has 29 heavy (non-hydrogen) atoms. The zero-order valence-corrected chi connectivity index (χ0v) is 16.5. The first-order chi connectivity index (χ1) is 13.8. The van der Waals surface area contributed by atoms with Gasteiger partial charge in [0.1, 0.15) is 5.69 Å². The zero-order chi connectivity index (χ0) is 21.0. The second-order valence-electron chi connectivity index (χ2n) is 7.33. The zero-order valence-electron chi connectivity index (χ0n) is 16.5. The van der Waals surface area contributed by atoms with E-state index in [2.05, 4.69) is 10.6 Å². The van der Waals surface area contributed by atoms with Gasteiger partial charge in [0.25, 0.3) is 11.6 Å². The van der Waals surface area contributed by atoms with Crippen molar-refractivity contribution in [3.8, 4) is 0 Å². The molecule has 0 aliphatic carbocycles. The van der Waals surface area contributed by atoms with Gasteiger partial charge in [0.2, 0.25) is 5.91 Å². The van der Waals surface area contributed by atoms with Crippen LogP contribution >= 0.6 is 0 Å². The van der Waals surface area contributed by atoms with Crippen LogP contribution in [0.3, 0.4) is 0 Å². The third kappa shape index (κ3) is 4.90. The molecule has 8 nitrogen and oxygen atoms in total. The van der Waals surface area contributed by atoms with Crippen molar-refractivity contribution in [3.63, 3.8) is 0 Å². The van der Waals surface area contributed by atoms with Crippen molar-refractivity contribution in [1.29, 1.82) is 0 Å². The summed E-state index contributed by atoms with van der Waals surface area (Å²) in [6.45, 7) is 5.17. The molecule has 0 radical (unpaired) electrons. The van der Waals surface area contributed by atoms with Crippen LogP contribution in [0.5, 0.6) is 0 Å². The van der Waals surface area contributed by atoms with E-state index in [1.54, 1.807) is 50.2 Å². The molecule has 2 aromatic rings. The summed E-state index contributed by atoms with van der Waals surface area (Å²) >= 11 is 0. The highest BCUT2D eigenvalue weighted by atomic mass is 16.6. The van der Waals surface area contributed by atoms with Crippen molar-refractivity contribution in [3.05, 3.63) is 58.1 Å². The van der Waals surface area contributed by atoms with Gasteiger partial charge in [-0.05, 0) is 49.2 Å². The molecule has 2 aromatic carbocycles. The van der Waals surface area contributed by atoms with Crippen LogP contribution in [0.25, 0.3) is 0 Å². The van der Waals surface area contributed by atoms with Crippen LogP contribution in [0, 0.1) is 16.0 Å². The predicted octanol–water partition coefficient (Wildman–Crippen LogP) is 4.04. The van der Waals surface area contributed by atoms with E-state index in [0.29, 0.717) is 17.1 Å². The van der Waals surface area contributed by atoms with Crippen LogP contribution in [0.2, 0.25) is 0 Å². The summed E-state index contributed by atoms with van der Waals surface area (Å²) in [4.78, 5) is 37.3. The fraction of sp³-hybridized carbons (Fsp3) is 0.333. The van der Waals surface area contributed by atoms with Gasteiger partial charge in [-0.15, -0.1) is 0 Å². The molecule has 1 fully saturated rings. The highest BCUT2D eigenvalue weighted by molar-refractivity contribution is 6.05. The summed E-state index contributed by atoms with van der Waals surface area (Å²) < 4.78 is 0. The second kappa shape index (κ2) is 8.72. The van der Waals surface area contributed by atoms with Crippen LogP contribution in [0.1, 0.15) is 37.0 Å². The number of nitrogens with one attached hydrogen (secondary N) is 2. The lowest BCUT2D eigenvalue weighted by Gasteiger charge is -2.17. The molecule has 8 heteroatoms. The number of anilines is 3. The summed E-state index contributed by atoms with van der Waals surface area (Å²) in [5.74, 6) is -0.652. The maximum atomic E-state index is 12.6. The number of carbonyl (C=O) groups excluding carboxylic acids is 2. The number of rotatable bonds is 6. The molecule has 3 rings (SSSR count). The molecule has 1 aliphatic heterocycles. The standard InChI is InChI=1S/C21H24N4O4/c1-14(2)20(26)22-16-6-8-17(9-7-16)23-21(27)15-5-10-18(19(13-15)25(28)29)24-11-3-4-12-24/h5-10,13-14H,3-4,11-12H2,1-2H3,(H,22,26)(H,23,27). The molecular weight excluding hydrogens is 372 g/mol. The smallest absolute Gasteiger partial charge is 0.293 e. The van der Waals surface area contributed by atoms with Crippen molar-refractivity contribution in [2.24, 2.45) is 5.92 Å². The van der Waals surface area contributed by atoms with Crippen molar-refractivity contribution < 1.29 is 14.5 Å². The van der Waals surface area contributed by atoms with E-state index >= 15 is 0 Å². The van der Waals surface area contributed by atoms with Crippen LogP contribution in [-0.2, 0) is 4.79 Å². The van der Waals surface area contributed by atoms with Crippen molar-refractivity contribution in [1.82, 2.24) is 0 Å². The summed E-state index contributed by atoms with van der Waals surface area (Å²) in [6, 6.07) is 11.3. The van der Waals surface area contributed by atoms with Crippen LogP contribution < -0.4 is 15.5 Å². The molecule has 1 heterocycles. The Balaban J connectivity index is 1.72. The fourth-order valence-corrected chi connectivity index (χ4v) is 3.16. The first-order valence-electron chi connectivity index (χ1n) is 9.61. The molecule has 0 unspecified atom stereocenters. The Bertz CT molecular complexity index is 919. The van der Waals surface area contributed by atoms with E-state index in [-0.39, 0.29) is 23.1 Å². The van der Waals surface area contributed by atoms with E-state index in [1.165, 1.54) is 6.07 Å². The normalized spacial score (nSPS) is 13.4. The Hall–Kier alpha value is -3.42. The van der Waals surface area contributed by atoms with Crippen molar-refractivity contribution in [2.75, 3.05) is 28.6 Å². The van der Waals surface area contributed by atoms with E-state index in [1.807, 2.05) is 4.90 Å². The third-order valence-corrected chi connectivity index (χ3v) is 4.82.